The SMILES string of the molecule is CC[C@@H](C)c1nc2ccc(Br)cc2c(=O)n1N=Cc1cccc(OC)c1OCc1ccc2c(c1)OCO2. The van der Waals surface area contributed by atoms with Gasteiger partial charge in [-0.1, -0.05) is 41.9 Å². The third kappa shape index (κ3) is 5.04. The van der Waals surface area contributed by atoms with Crippen molar-refractivity contribution in [3.05, 3.63) is 86.4 Å². The van der Waals surface area contributed by atoms with E-state index in [1.54, 1.807) is 19.4 Å². The third-order valence-electron chi connectivity index (χ3n) is 6.25. The lowest BCUT2D eigenvalue weighted by Gasteiger charge is -2.15. The molecule has 37 heavy (non-hydrogen) atoms. The van der Waals surface area contributed by atoms with E-state index in [0.717, 1.165) is 16.5 Å². The van der Waals surface area contributed by atoms with E-state index in [1.807, 2.05) is 55.5 Å². The highest BCUT2D eigenvalue weighted by Gasteiger charge is 2.17. The summed E-state index contributed by atoms with van der Waals surface area (Å²) < 4.78 is 24.8. The van der Waals surface area contributed by atoms with Gasteiger partial charge in [-0.05, 0) is 54.4 Å². The predicted molar refractivity (Wildman–Crippen MR) is 145 cm³/mol. The molecule has 0 bridgehead atoms. The molecule has 0 fully saturated rings. The first-order valence-corrected chi connectivity index (χ1v) is 12.7. The number of fused-ring (bicyclic) bond motifs is 2. The lowest BCUT2D eigenvalue weighted by molar-refractivity contribution is 0.174. The molecule has 0 aliphatic carbocycles. The Hall–Kier alpha value is -3.85. The zero-order valence-corrected chi connectivity index (χ0v) is 22.3. The van der Waals surface area contributed by atoms with Crippen molar-refractivity contribution in [2.24, 2.45) is 5.10 Å². The summed E-state index contributed by atoms with van der Waals surface area (Å²) in [4.78, 5) is 18.2. The number of hydrogen-bond acceptors (Lipinski definition) is 7. The van der Waals surface area contributed by atoms with E-state index in [2.05, 4.69) is 28.0 Å². The molecule has 0 spiro atoms. The molecule has 1 atom stereocenters. The van der Waals surface area contributed by atoms with E-state index in [0.29, 0.717) is 45.3 Å². The molecule has 190 valence electrons. The largest absolute Gasteiger partial charge is 0.493 e. The summed E-state index contributed by atoms with van der Waals surface area (Å²) in [6, 6.07) is 16.7. The van der Waals surface area contributed by atoms with Gasteiger partial charge in [-0.2, -0.15) is 9.78 Å². The van der Waals surface area contributed by atoms with E-state index in [4.69, 9.17) is 23.9 Å². The Morgan fingerprint density at radius 2 is 2.00 bits per heavy atom. The van der Waals surface area contributed by atoms with Crippen LogP contribution in [0.5, 0.6) is 23.0 Å². The molecule has 0 unspecified atom stereocenters. The highest BCUT2D eigenvalue weighted by molar-refractivity contribution is 9.10. The number of nitrogens with zero attached hydrogens (tertiary/aromatic N) is 3. The molecular formula is C28H26BrN3O5. The van der Waals surface area contributed by atoms with Crippen LogP contribution in [0.1, 0.15) is 43.1 Å². The highest BCUT2D eigenvalue weighted by Crippen LogP contribution is 2.34. The summed E-state index contributed by atoms with van der Waals surface area (Å²) in [5.74, 6) is 3.11. The number of para-hydroxylation sites is 1. The third-order valence-corrected chi connectivity index (χ3v) is 6.74. The van der Waals surface area contributed by atoms with Gasteiger partial charge >= 0.3 is 0 Å². The van der Waals surface area contributed by atoms with Crippen molar-refractivity contribution in [3.8, 4) is 23.0 Å². The summed E-state index contributed by atoms with van der Waals surface area (Å²) >= 11 is 3.45. The van der Waals surface area contributed by atoms with Gasteiger partial charge in [0.1, 0.15) is 12.4 Å². The number of rotatable bonds is 8. The lowest BCUT2D eigenvalue weighted by atomic mass is 10.1. The Morgan fingerprint density at radius 3 is 2.81 bits per heavy atom. The number of methoxy groups -OCH3 is 1. The van der Waals surface area contributed by atoms with Crippen LogP contribution in [0.15, 0.2) is 69.0 Å². The van der Waals surface area contributed by atoms with Crippen LogP contribution in [-0.4, -0.2) is 29.8 Å². The van der Waals surface area contributed by atoms with Crippen molar-refractivity contribution in [2.75, 3.05) is 13.9 Å². The highest BCUT2D eigenvalue weighted by atomic mass is 79.9. The first-order valence-electron chi connectivity index (χ1n) is 11.9. The van der Waals surface area contributed by atoms with Crippen LogP contribution in [-0.2, 0) is 6.61 Å². The molecule has 1 aliphatic heterocycles. The summed E-state index contributed by atoms with van der Waals surface area (Å²) in [7, 11) is 1.58. The average Bonchev–Trinajstić information content (AvgIpc) is 3.39. The van der Waals surface area contributed by atoms with Crippen LogP contribution < -0.4 is 24.5 Å². The maximum Gasteiger partial charge on any atom is 0.282 e. The fourth-order valence-corrected chi connectivity index (χ4v) is 4.40. The van der Waals surface area contributed by atoms with Gasteiger partial charge in [0, 0.05) is 16.0 Å². The normalized spacial score (nSPS) is 13.3. The van der Waals surface area contributed by atoms with Gasteiger partial charge in [0.15, 0.2) is 23.0 Å². The van der Waals surface area contributed by atoms with Crippen LogP contribution in [0.3, 0.4) is 0 Å². The lowest BCUT2D eigenvalue weighted by Crippen LogP contribution is -2.23. The topological polar surface area (TPSA) is 84.2 Å². The standard InChI is InChI=1S/C28H26BrN3O5/c1-4-17(2)27-31-22-10-9-20(29)13-21(22)28(33)32(27)30-14-19-6-5-7-24(34-3)26(19)35-15-18-8-11-23-25(12-18)37-16-36-23/h5-14,17H,4,15-16H2,1-3H3/t17-/m1/s1. The van der Waals surface area contributed by atoms with Crippen LogP contribution in [0.25, 0.3) is 10.9 Å². The Labute approximate surface area is 222 Å². The van der Waals surface area contributed by atoms with Gasteiger partial charge in [0.05, 0.1) is 24.2 Å². The first kappa shape index (κ1) is 24.8. The van der Waals surface area contributed by atoms with Crippen LogP contribution in [0.4, 0.5) is 0 Å². The predicted octanol–water partition coefficient (Wildman–Crippen LogP) is 5.87. The molecule has 3 aromatic carbocycles. The summed E-state index contributed by atoms with van der Waals surface area (Å²) in [5, 5.41) is 5.08. The molecule has 0 N–H and O–H groups in total. The van der Waals surface area contributed by atoms with E-state index in [-0.39, 0.29) is 24.9 Å². The minimum Gasteiger partial charge on any atom is -0.493 e. The average molecular weight is 564 g/mol. The number of halogens is 1. The number of ether oxygens (including phenoxy) is 4. The molecule has 5 rings (SSSR count). The second-order valence-electron chi connectivity index (χ2n) is 8.66. The van der Waals surface area contributed by atoms with Gasteiger partial charge in [-0.15, -0.1) is 0 Å². The summed E-state index contributed by atoms with van der Waals surface area (Å²) in [6.45, 7) is 4.58. The van der Waals surface area contributed by atoms with Gasteiger partial charge in [0.2, 0.25) is 6.79 Å². The van der Waals surface area contributed by atoms with Crippen molar-refractivity contribution in [1.82, 2.24) is 9.66 Å². The maximum atomic E-state index is 13.5. The second-order valence-corrected chi connectivity index (χ2v) is 9.57. The Kier molecular flexibility index (Phi) is 7.14. The number of aromatic nitrogens is 2. The Bertz CT molecular complexity index is 1550. The van der Waals surface area contributed by atoms with Gasteiger partial charge in [-0.3, -0.25) is 4.79 Å². The number of hydrogen-bond donors (Lipinski definition) is 0. The summed E-state index contributed by atoms with van der Waals surface area (Å²) in [5.41, 5.74) is 1.99. The smallest absolute Gasteiger partial charge is 0.282 e. The van der Waals surface area contributed by atoms with Crippen LogP contribution >= 0.6 is 15.9 Å². The van der Waals surface area contributed by atoms with Crippen LogP contribution in [0, 0.1) is 0 Å². The fraction of sp³-hybridized carbons (Fsp3) is 0.250. The molecule has 1 aliphatic rings. The molecule has 9 heteroatoms. The second kappa shape index (κ2) is 10.6. The van der Waals surface area contributed by atoms with E-state index in [1.165, 1.54) is 4.68 Å². The Morgan fingerprint density at radius 1 is 1.16 bits per heavy atom. The van der Waals surface area contributed by atoms with Crippen molar-refractivity contribution in [2.45, 2.75) is 32.8 Å². The fourth-order valence-electron chi connectivity index (χ4n) is 4.03. The minimum absolute atomic E-state index is 0.0323. The van der Waals surface area contributed by atoms with E-state index in [9.17, 15) is 4.79 Å². The van der Waals surface area contributed by atoms with Crippen molar-refractivity contribution >= 4 is 33.0 Å². The van der Waals surface area contributed by atoms with Gasteiger partial charge in [-0.25, -0.2) is 4.98 Å². The monoisotopic (exact) mass is 563 g/mol. The number of benzene rings is 3. The maximum absolute atomic E-state index is 13.5. The molecule has 0 saturated carbocycles. The van der Waals surface area contributed by atoms with Crippen molar-refractivity contribution in [1.29, 1.82) is 0 Å². The minimum atomic E-state index is -0.233. The quantitative estimate of drug-likeness (QED) is 0.249. The summed E-state index contributed by atoms with van der Waals surface area (Å²) in [6.07, 6.45) is 2.42. The molecule has 0 amide bonds. The van der Waals surface area contributed by atoms with E-state index < -0.39 is 0 Å². The Balaban J connectivity index is 1.52. The molecule has 8 nitrogen and oxygen atoms in total. The zero-order valence-electron chi connectivity index (χ0n) is 20.7. The van der Waals surface area contributed by atoms with Crippen molar-refractivity contribution < 1.29 is 18.9 Å². The molecular weight excluding hydrogens is 538 g/mol. The molecule has 1 aromatic heterocycles. The van der Waals surface area contributed by atoms with E-state index >= 15 is 0 Å². The first-order chi connectivity index (χ1) is 18.0. The van der Waals surface area contributed by atoms with Crippen LogP contribution in [0.2, 0.25) is 0 Å². The van der Waals surface area contributed by atoms with Gasteiger partial charge < -0.3 is 18.9 Å². The molecule has 0 radical (unpaired) electrons. The molecule has 0 saturated heterocycles. The van der Waals surface area contributed by atoms with Gasteiger partial charge in [0.25, 0.3) is 5.56 Å². The van der Waals surface area contributed by atoms with Crippen molar-refractivity contribution in [3.63, 3.8) is 0 Å². The molecule has 4 aromatic rings. The molecule has 2 heterocycles. The zero-order chi connectivity index (χ0) is 25.9.